The molecule has 0 saturated heterocycles. The van der Waals surface area contributed by atoms with E-state index in [1.807, 2.05) is 0 Å². The van der Waals surface area contributed by atoms with Crippen molar-refractivity contribution in [3.05, 3.63) is 163 Å². The molecule has 49 heavy (non-hydrogen) atoms. The summed E-state index contributed by atoms with van der Waals surface area (Å²) in [7, 11) is 0. The number of benzene rings is 7. The van der Waals surface area contributed by atoms with Gasteiger partial charge in [0.15, 0.2) is 0 Å². The first kappa shape index (κ1) is 27.8. The number of fused-ring (bicyclic) bond motifs is 5. The highest BCUT2D eigenvalue weighted by Gasteiger charge is 2.61. The molecule has 12 rings (SSSR count). The van der Waals surface area contributed by atoms with Crippen molar-refractivity contribution in [1.29, 1.82) is 0 Å². The topological polar surface area (TPSA) is 3.24 Å². The van der Waals surface area contributed by atoms with E-state index in [0.717, 1.165) is 23.7 Å². The monoisotopic (exact) mass is 629 g/mol. The Morgan fingerprint density at radius 1 is 0.449 bits per heavy atom. The maximum Gasteiger partial charge on any atom is 0.0543 e. The molecular weight excluding hydrogens is 591 g/mol. The molecule has 1 spiro atoms. The highest BCUT2D eigenvalue weighted by Crippen LogP contribution is 2.70. The van der Waals surface area contributed by atoms with Crippen LogP contribution < -0.4 is 4.90 Å². The van der Waals surface area contributed by atoms with Crippen LogP contribution in [-0.4, -0.2) is 0 Å². The average molecular weight is 630 g/mol. The Kier molecular flexibility index (Phi) is 5.91. The zero-order valence-electron chi connectivity index (χ0n) is 27.7. The van der Waals surface area contributed by atoms with Crippen molar-refractivity contribution >= 4 is 38.6 Å². The Bertz CT molecular complexity index is 2380. The predicted octanol–water partition coefficient (Wildman–Crippen LogP) is 12.9. The highest BCUT2D eigenvalue weighted by atomic mass is 15.1. The first-order valence-corrected chi connectivity index (χ1v) is 18.4. The molecule has 1 nitrogen and oxygen atoms in total. The van der Waals surface area contributed by atoms with Crippen LogP contribution in [0.4, 0.5) is 17.1 Å². The van der Waals surface area contributed by atoms with E-state index in [9.17, 15) is 0 Å². The Balaban J connectivity index is 1.13. The molecule has 0 heterocycles. The molecule has 5 aliphatic carbocycles. The number of nitrogens with zero attached hydrogens (tertiary/aromatic N) is 1. The van der Waals surface area contributed by atoms with Crippen molar-refractivity contribution < 1.29 is 0 Å². The summed E-state index contributed by atoms with van der Waals surface area (Å²) in [5.74, 6) is 3.35. The van der Waals surface area contributed by atoms with Crippen LogP contribution in [0.1, 0.15) is 43.2 Å². The van der Waals surface area contributed by atoms with Gasteiger partial charge in [-0.15, -0.1) is 0 Å². The normalized spacial score (nSPS) is 24.4. The van der Waals surface area contributed by atoms with Gasteiger partial charge >= 0.3 is 0 Å². The summed E-state index contributed by atoms with van der Waals surface area (Å²) < 4.78 is 0. The van der Waals surface area contributed by atoms with Gasteiger partial charge in [-0.25, -0.2) is 0 Å². The van der Waals surface area contributed by atoms with E-state index in [4.69, 9.17) is 0 Å². The fraction of sp³-hybridized carbons (Fsp3) is 0.208. The molecule has 5 aliphatic rings. The molecule has 4 fully saturated rings. The van der Waals surface area contributed by atoms with Gasteiger partial charge in [0.05, 0.1) is 11.4 Å². The molecule has 0 amide bonds. The second kappa shape index (κ2) is 10.4. The van der Waals surface area contributed by atoms with Crippen LogP contribution in [-0.2, 0) is 5.41 Å². The SMILES string of the molecule is c1ccc2c(c1)-c1c(N(c3ccc(-c4ccc5ccccc5c4)cc3)c3cccc4ccccc34)cccc1C21C2CC3CC(C2)CC1C3. The quantitative estimate of drug-likeness (QED) is 0.187. The van der Waals surface area contributed by atoms with Gasteiger partial charge in [0.25, 0.3) is 0 Å². The standard InChI is InChI=1S/C48H39N/c1-2-11-36-30-37(20-19-33(36)9-1)34-21-23-40(24-22-34)49(45-17-7-12-35-10-3-4-13-41(35)45)46-18-8-16-44-47(46)42-14-5-6-15-43(42)48(44)38-26-31-25-32(28-38)29-39(48)27-31/h1-24,30-32,38-39H,25-29H2. The van der Waals surface area contributed by atoms with Crippen LogP contribution in [0.25, 0.3) is 43.8 Å². The van der Waals surface area contributed by atoms with Gasteiger partial charge in [-0.1, -0.05) is 121 Å². The maximum atomic E-state index is 2.57. The van der Waals surface area contributed by atoms with Crippen LogP contribution >= 0.6 is 0 Å². The zero-order valence-corrected chi connectivity index (χ0v) is 27.7. The number of hydrogen-bond acceptors (Lipinski definition) is 1. The van der Waals surface area contributed by atoms with E-state index in [1.165, 1.54) is 93.0 Å². The van der Waals surface area contributed by atoms with Crippen LogP contribution in [0.3, 0.4) is 0 Å². The van der Waals surface area contributed by atoms with Gasteiger partial charge in [0.2, 0.25) is 0 Å². The molecule has 0 unspecified atom stereocenters. The number of anilines is 3. The lowest BCUT2D eigenvalue weighted by Crippen LogP contribution is -2.55. The second-order valence-corrected chi connectivity index (χ2v) is 15.4. The minimum absolute atomic E-state index is 0.139. The molecule has 0 aromatic heterocycles. The van der Waals surface area contributed by atoms with E-state index in [0.29, 0.717) is 0 Å². The smallest absolute Gasteiger partial charge is 0.0543 e. The molecule has 236 valence electrons. The van der Waals surface area contributed by atoms with Gasteiger partial charge < -0.3 is 4.90 Å². The molecule has 0 radical (unpaired) electrons. The van der Waals surface area contributed by atoms with Crippen molar-refractivity contribution in [1.82, 2.24) is 0 Å². The average Bonchev–Trinajstić information content (AvgIpc) is 3.45. The van der Waals surface area contributed by atoms with Gasteiger partial charge in [0.1, 0.15) is 0 Å². The Morgan fingerprint density at radius 3 is 1.88 bits per heavy atom. The molecular formula is C48H39N. The Labute approximate surface area is 288 Å². The maximum absolute atomic E-state index is 2.57. The first-order valence-electron chi connectivity index (χ1n) is 18.4. The minimum atomic E-state index is 0.139. The second-order valence-electron chi connectivity index (χ2n) is 15.4. The van der Waals surface area contributed by atoms with E-state index in [1.54, 1.807) is 11.1 Å². The fourth-order valence-electron chi connectivity index (χ4n) is 11.4. The van der Waals surface area contributed by atoms with Gasteiger partial charge in [0, 0.05) is 22.1 Å². The van der Waals surface area contributed by atoms with Crippen molar-refractivity contribution in [3.8, 4) is 22.3 Å². The van der Waals surface area contributed by atoms with Gasteiger partial charge in [-0.05, 0) is 130 Å². The Hall–Kier alpha value is -5.14. The largest absolute Gasteiger partial charge is 0.309 e. The summed E-state index contributed by atoms with van der Waals surface area (Å²) in [4.78, 5) is 2.57. The summed E-state index contributed by atoms with van der Waals surface area (Å²) in [6.45, 7) is 0. The third kappa shape index (κ3) is 3.93. The summed E-state index contributed by atoms with van der Waals surface area (Å²) in [6, 6.07) is 57.2. The van der Waals surface area contributed by atoms with E-state index in [2.05, 4.69) is 157 Å². The van der Waals surface area contributed by atoms with Crippen LogP contribution in [0.5, 0.6) is 0 Å². The summed E-state index contributed by atoms with van der Waals surface area (Å²) in [6.07, 6.45) is 7.06. The van der Waals surface area contributed by atoms with Crippen LogP contribution in [0.15, 0.2) is 152 Å². The lowest BCUT2D eigenvalue weighted by molar-refractivity contribution is -0.0399. The number of rotatable bonds is 4. The summed E-state index contributed by atoms with van der Waals surface area (Å²) in [5, 5.41) is 5.10. The van der Waals surface area contributed by atoms with Gasteiger partial charge in [-0.2, -0.15) is 0 Å². The van der Waals surface area contributed by atoms with Crippen LogP contribution in [0.2, 0.25) is 0 Å². The third-order valence-corrected chi connectivity index (χ3v) is 13.0. The molecule has 1 heteroatoms. The van der Waals surface area contributed by atoms with E-state index < -0.39 is 0 Å². The summed E-state index contributed by atoms with van der Waals surface area (Å²) >= 11 is 0. The zero-order chi connectivity index (χ0) is 32.1. The molecule has 4 saturated carbocycles. The molecule has 0 N–H and O–H groups in total. The molecule has 0 aliphatic heterocycles. The van der Waals surface area contributed by atoms with Crippen molar-refractivity contribution in [3.63, 3.8) is 0 Å². The first-order chi connectivity index (χ1) is 24.3. The molecule has 0 atom stereocenters. The van der Waals surface area contributed by atoms with Crippen molar-refractivity contribution in [2.75, 3.05) is 4.90 Å². The van der Waals surface area contributed by atoms with Crippen molar-refractivity contribution in [2.24, 2.45) is 23.7 Å². The summed E-state index contributed by atoms with van der Waals surface area (Å²) in [5.41, 5.74) is 12.5. The highest BCUT2D eigenvalue weighted by molar-refractivity contribution is 6.03. The van der Waals surface area contributed by atoms with Crippen molar-refractivity contribution in [2.45, 2.75) is 37.5 Å². The predicted molar refractivity (Wildman–Crippen MR) is 205 cm³/mol. The third-order valence-electron chi connectivity index (χ3n) is 13.0. The molecule has 7 aromatic carbocycles. The number of hydrogen-bond donors (Lipinski definition) is 0. The fourth-order valence-corrected chi connectivity index (χ4v) is 11.4. The van der Waals surface area contributed by atoms with E-state index >= 15 is 0 Å². The van der Waals surface area contributed by atoms with E-state index in [-0.39, 0.29) is 5.41 Å². The Morgan fingerprint density at radius 2 is 1.06 bits per heavy atom. The molecule has 7 aromatic rings. The lowest BCUT2D eigenvalue weighted by atomic mass is 9.43. The minimum Gasteiger partial charge on any atom is -0.309 e. The molecule has 4 bridgehead atoms. The lowest BCUT2D eigenvalue weighted by Gasteiger charge is -2.61. The van der Waals surface area contributed by atoms with Gasteiger partial charge in [-0.3, -0.25) is 0 Å². The van der Waals surface area contributed by atoms with Crippen LogP contribution in [0, 0.1) is 23.7 Å².